The molecule has 1 aliphatic rings. The molecule has 0 spiro atoms. The maximum atomic E-state index is 5.87. The van der Waals surface area contributed by atoms with Crippen LogP contribution in [0.4, 0.5) is 0 Å². The van der Waals surface area contributed by atoms with Crippen LogP contribution in [0.5, 0.6) is 5.75 Å². The van der Waals surface area contributed by atoms with E-state index >= 15 is 0 Å². The summed E-state index contributed by atoms with van der Waals surface area (Å²) in [5.74, 6) is 2.68. The fourth-order valence-corrected chi connectivity index (χ4v) is 4.16. The third-order valence-electron chi connectivity index (χ3n) is 4.27. The summed E-state index contributed by atoms with van der Waals surface area (Å²) >= 11 is 7.31. The first-order valence-corrected chi connectivity index (χ1v) is 9.42. The fourth-order valence-electron chi connectivity index (χ4n) is 3.15. The molecular formula is C17H24Br2O. The van der Waals surface area contributed by atoms with E-state index in [-0.39, 0.29) is 0 Å². The molecule has 20 heavy (non-hydrogen) atoms. The third-order valence-corrected chi connectivity index (χ3v) is 6.00. The van der Waals surface area contributed by atoms with Crippen molar-refractivity contribution in [2.75, 3.05) is 6.61 Å². The Morgan fingerprint density at radius 2 is 1.90 bits per heavy atom. The van der Waals surface area contributed by atoms with Crippen LogP contribution in [-0.4, -0.2) is 11.4 Å². The minimum atomic E-state index is 0.684. The van der Waals surface area contributed by atoms with E-state index in [1.54, 1.807) is 0 Å². The van der Waals surface area contributed by atoms with Gasteiger partial charge in [0.05, 0.1) is 6.61 Å². The van der Waals surface area contributed by atoms with Crippen molar-refractivity contribution in [1.82, 2.24) is 0 Å². The predicted molar refractivity (Wildman–Crippen MR) is 92.7 cm³/mol. The van der Waals surface area contributed by atoms with Gasteiger partial charge in [-0.2, -0.15) is 0 Å². The molecule has 1 saturated carbocycles. The number of hydrogen-bond acceptors (Lipinski definition) is 1. The van der Waals surface area contributed by atoms with Crippen LogP contribution in [-0.2, 0) is 0 Å². The molecule has 1 aromatic carbocycles. The Morgan fingerprint density at radius 1 is 1.15 bits per heavy atom. The van der Waals surface area contributed by atoms with Crippen LogP contribution in [0.2, 0.25) is 0 Å². The van der Waals surface area contributed by atoms with Gasteiger partial charge in [-0.05, 0) is 61.8 Å². The van der Waals surface area contributed by atoms with E-state index in [9.17, 15) is 0 Å². The van der Waals surface area contributed by atoms with Gasteiger partial charge in [0.2, 0.25) is 0 Å². The minimum Gasteiger partial charge on any atom is -0.494 e. The molecular weight excluding hydrogens is 380 g/mol. The quantitative estimate of drug-likeness (QED) is 0.514. The number of halogens is 2. The lowest BCUT2D eigenvalue weighted by molar-refractivity contribution is 0.212. The molecule has 1 aromatic rings. The molecule has 0 N–H and O–H groups in total. The van der Waals surface area contributed by atoms with Gasteiger partial charge in [-0.1, -0.05) is 51.6 Å². The van der Waals surface area contributed by atoms with Crippen molar-refractivity contribution in [2.45, 2.75) is 50.3 Å². The predicted octanol–water partition coefficient (Wildman–Crippen LogP) is 6.20. The molecule has 3 heteroatoms. The molecule has 0 amide bonds. The summed E-state index contributed by atoms with van der Waals surface area (Å²) in [5, 5.41) is 0. The number of rotatable bonds is 6. The van der Waals surface area contributed by atoms with Crippen molar-refractivity contribution in [3.05, 3.63) is 28.7 Å². The summed E-state index contributed by atoms with van der Waals surface area (Å²) in [6.45, 7) is 3.12. The second-order valence-electron chi connectivity index (χ2n) is 5.83. The molecule has 2 rings (SSSR count). The summed E-state index contributed by atoms with van der Waals surface area (Å²) in [6.07, 6.45) is 7.96. The van der Waals surface area contributed by atoms with E-state index in [0.717, 1.165) is 35.1 Å². The van der Waals surface area contributed by atoms with Gasteiger partial charge in [0.1, 0.15) is 5.75 Å². The van der Waals surface area contributed by atoms with Gasteiger partial charge < -0.3 is 4.74 Å². The van der Waals surface area contributed by atoms with Crippen LogP contribution in [0, 0.1) is 11.8 Å². The largest absolute Gasteiger partial charge is 0.494 e. The first-order chi connectivity index (χ1) is 9.69. The highest BCUT2D eigenvalue weighted by molar-refractivity contribution is 9.10. The Hall–Kier alpha value is -0.0200. The first kappa shape index (κ1) is 16.4. The number of ether oxygens (including phenoxy) is 1. The van der Waals surface area contributed by atoms with Crippen molar-refractivity contribution < 1.29 is 4.74 Å². The lowest BCUT2D eigenvalue weighted by Gasteiger charge is -2.33. The van der Waals surface area contributed by atoms with E-state index in [4.69, 9.17) is 4.74 Å². The van der Waals surface area contributed by atoms with Crippen molar-refractivity contribution >= 4 is 31.9 Å². The maximum Gasteiger partial charge on any atom is 0.119 e. The molecule has 0 aromatic heterocycles. The number of hydrogen-bond donors (Lipinski definition) is 0. The highest BCUT2D eigenvalue weighted by Gasteiger charge is 2.28. The van der Waals surface area contributed by atoms with Crippen LogP contribution in [0.1, 0.15) is 45.4 Å². The SMILES string of the molecule is CCCC1CCC(Br)C(CCOc2ccc(Br)cc2)C1. The van der Waals surface area contributed by atoms with Crippen molar-refractivity contribution in [2.24, 2.45) is 11.8 Å². The average molecular weight is 404 g/mol. The summed E-state index contributed by atoms with van der Waals surface area (Å²) in [7, 11) is 0. The van der Waals surface area contributed by atoms with E-state index in [1.807, 2.05) is 24.3 Å². The van der Waals surface area contributed by atoms with Gasteiger partial charge in [-0.3, -0.25) is 0 Å². The second kappa shape index (κ2) is 8.43. The Balaban J connectivity index is 1.75. The van der Waals surface area contributed by atoms with Crippen LogP contribution in [0.25, 0.3) is 0 Å². The second-order valence-corrected chi connectivity index (χ2v) is 7.93. The molecule has 112 valence electrons. The molecule has 3 atom stereocenters. The average Bonchev–Trinajstić information content (AvgIpc) is 2.45. The maximum absolute atomic E-state index is 5.87. The number of alkyl halides is 1. The smallest absolute Gasteiger partial charge is 0.119 e. The molecule has 0 bridgehead atoms. The van der Waals surface area contributed by atoms with E-state index in [0.29, 0.717) is 4.83 Å². The van der Waals surface area contributed by atoms with Crippen molar-refractivity contribution in [3.63, 3.8) is 0 Å². The van der Waals surface area contributed by atoms with Gasteiger partial charge >= 0.3 is 0 Å². The molecule has 3 unspecified atom stereocenters. The van der Waals surface area contributed by atoms with Gasteiger partial charge in [0, 0.05) is 9.30 Å². The number of benzene rings is 1. The summed E-state index contributed by atoms with van der Waals surface area (Å²) in [5.41, 5.74) is 0. The Kier molecular flexibility index (Phi) is 6.89. The van der Waals surface area contributed by atoms with E-state index < -0.39 is 0 Å². The normalized spacial score (nSPS) is 26.4. The van der Waals surface area contributed by atoms with Gasteiger partial charge in [-0.25, -0.2) is 0 Å². The topological polar surface area (TPSA) is 9.23 Å². The fraction of sp³-hybridized carbons (Fsp3) is 0.647. The van der Waals surface area contributed by atoms with Crippen LogP contribution < -0.4 is 4.74 Å². The zero-order valence-electron chi connectivity index (χ0n) is 12.2. The summed E-state index contributed by atoms with van der Waals surface area (Å²) < 4.78 is 6.96. The van der Waals surface area contributed by atoms with Gasteiger partial charge in [-0.15, -0.1) is 0 Å². The van der Waals surface area contributed by atoms with Gasteiger partial charge in [0.15, 0.2) is 0 Å². The zero-order valence-corrected chi connectivity index (χ0v) is 15.3. The minimum absolute atomic E-state index is 0.684. The van der Waals surface area contributed by atoms with Crippen molar-refractivity contribution in [3.8, 4) is 5.75 Å². The van der Waals surface area contributed by atoms with Crippen LogP contribution in [0.15, 0.2) is 28.7 Å². The zero-order chi connectivity index (χ0) is 14.4. The Bertz CT molecular complexity index is 390. The lowest BCUT2D eigenvalue weighted by Crippen LogP contribution is -2.26. The molecule has 0 aliphatic heterocycles. The van der Waals surface area contributed by atoms with Crippen LogP contribution in [0.3, 0.4) is 0 Å². The molecule has 0 heterocycles. The molecule has 0 radical (unpaired) electrons. The molecule has 1 fully saturated rings. The Morgan fingerprint density at radius 3 is 2.60 bits per heavy atom. The lowest BCUT2D eigenvalue weighted by atomic mass is 9.78. The highest BCUT2D eigenvalue weighted by atomic mass is 79.9. The third kappa shape index (κ3) is 5.07. The molecule has 1 aliphatic carbocycles. The van der Waals surface area contributed by atoms with Gasteiger partial charge in [0.25, 0.3) is 0 Å². The Labute approximate surface area is 139 Å². The first-order valence-electron chi connectivity index (χ1n) is 7.71. The van der Waals surface area contributed by atoms with E-state index in [2.05, 4.69) is 38.8 Å². The van der Waals surface area contributed by atoms with Crippen molar-refractivity contribution in [1.29, 1.82) is 0 Å². The monoisotopic (exact) mass is 402 g/mol. The molecule has 0 saturated heterocycles. The summed E-state index contributed by atoms with van der Waals surface area (Å²) in [6, 6.07) is 8.11. The standard InChI is InChI=1S/C17H24Br2O/c1-2-3-13-4-9-17(19)14(12-13)10-11-20-16-7-5-15(18)6-8-16/h5-8,13-14,17H,2-4,9-12H2,1H3. The van der Waals surface area contributed by atoms with Crippen LogP contribution >= 0.6 is 31.9 Å². The highest BCUT2D eigenvalue weighted by Crippen LogP contribution is 2.37. The molecule has 1 nitrogen and oxygen atoms in total. The van der Waals surface area contributed by atoms with E-state index in [1.165, 1.54) is 32.1 Å². The summed E-state index contributed by atoms with van der Waals surface area (Å²) in [4.78, 5) is 0.684.